The average molecular weight is 416 g/mol. The number of ether oxygens (including phenoxy) is 1. The molecule has 0 bridgehead atoms. The van der Waals surface area contributed by atoms with Crippen molar-refractivity contribution in [3.8, 4) is 11.1 Å². The van der Waals surface area contributed by atoms with Crippen LogP contribution >= 0.6 is 0 Å². The summed E-state index contributed by atoms with van der Waals surface area (Å²) in [4.78, 5) is 23.5. The second-order valence-electron chi connectivity index (χ2n) is 8.04. The van der Waals surface area contributed by atoms with Crippen LogP contribution in [-0.4, -0.2) is 40.0 Å². The average Bonchev–Trinajstić information content (AvgIpc) is 2.85. The fraction of sp³-hybridized carbons (Fsp3) is 0.346. The van der Waals surface area contributed by atoms with E-state index in [0.29, 0.717) is 13.2 Å². The molecule has 4 rings (SSSR count). The van der Waals surface area contributed by atoms with E-state index in [9.17, 15) is 4.79 Å². The standard InChI is InChI=1S/C26H29N3O2/c1-3-29(26(30)19(2)20-7-5-4-6-8-20)24-13-14-31-25(15-24)22-11-9-21(10-12-22)23-16-27-18-28-17-23/h4-12,16-19,24-25H,3,13-15H2,1-2H3/t19-,24+,25-/m1/s1. The quantitative estimate of drug-likeness (QED) is 0.567. The van der Waals surface area contributed by atoms with Gasteiger partial charge in [-0.25, -0.2) is 9.97 Å². The van der Waals surface area contributed by atoms with Crippen LogP contribution in [0.3, 0.4) is 0 Å². The van der Waals surface area contributed by atoms with E-state index in [-0.39, 0.29) is 24.0 Å². The number of hydrogen-bond donors (Lipinski definition) is 0. The van der Waals surface area contributed by atoms with Gasteiger partial charge in [-0.1, -0.05) is 54.6 Å². The first kappa shape index (κ1) is 21.2. The van der Waals surface area contributed by atoms with Crippen LogP contribution in [0.2, 0.25) is 0 Å². The maximum absolute atomic E-state index is 13.3. The van der Waals surface area contributed by atoms with Gasteiger partial charge in [-0.05, 0) is 43.4 Å². The van der Waals surface area contributed by atoms with Gasteiger partial charge in [-0.3, -0.25) is 4.79 Å². The van der Waals surface area contributed by atoms with Crippen molar-refractivity contribution in [1.29, 1.82) is 0 Å². The first-order chi connectivity index (χ1) is 15.2. The Morgan fingerprint density at radius 2 is 1.77 bits per heavy atom. The number of carbonyl (C=O) groups excluding carboxylic acids is 1. The number of benzene rings is 2. The predicted octanol–water partition coefficient (Wildman–Crippen LogP) is 5.02. The molecule has 3 atom stereocenters. The van der Waals surface area contributed by atoms with E-state index in [4.69, 9.17) is 4.74 Å². The number of amides is 1. The van der Waals surface area contributed by atoms with Crippen molar-refractivity contribution in [3.05, 3.63) is 84.4 Å². The highest BCUT2D eigenvalue weighted by Crippen LogP contribution is 2.33. The molecular weight excluding hydrogens is 386 g/mol. The highest BCUT2D eigenvalue weighted by Gasteiger charge is 2.32. The minimum absolute atomic E-state index is 0.00583. The van der Waals surface area contributed by atoms with Crippen LogP contribution in [0.4, 0.5) is 0 Å². The fourth-order valence-corrected chi connectivity index (χ4v) is 4.36. The monoisotopic (exact) mass is 415 g/mol. The van der Waals surface area contributed by atoms with Crippen molar-refractivity contribution in [3.63, 3.8) is 0 Å². The topological polar surface area (TPSA) is 55.3 Å². The molecule has 1 saturated heterocycles. The summed E-state index contributed by atoms with van der Waals surface area (Å²) in [6, 6.07) is 18.6. The number of rotatable bonds is 6. The molecule has 0 aliphatic carbocycles. The number of nitrogens with zero attached hydrogens (tertiary/aromatic N) is 3. The van der Waals surface area contributed by atoms with Crippen molar-refractivity contribution in [2.24, 2.45) is 0 Å². The SMILES string of the molecule is CCN(C(=O)[C@H](C)c1ccccc1)[C@H]1CCO[C@@H](c2ccc(-c3cncnc3)cc2)C1. The van der Waals surface area contributed by atoms with Crippen molar-refractivity contribution >= 4 is 5.91 Å². The highest BCUT2D eigenvalue weighted by atomic mass is 16.5. The Hall–Kier alpha value is -3.05. The lowest BCUT2D eigenvalue weighted by Crippen LogP contribution is -2.45. The Morgan fingerprint density at radius 1 is 1.06 bits per heavy atom. The molecule has 1 aliphatic heterocycles. The molecule has 0 N–H and O–H groups in total. The minimum Gasteiger partial charge on any atom is -0.373 e. The number of aromatic nitrogens is 2. The summed E-state index contributed by atoms with van der Waals surface area (Å²) in [6.07, 6.45) is 6.84. The summed E-state index contributed by atoms with van der Waals surface area (Å²) in [6.45, 7) is 5.44. The lowest BCUT2D eigenvalue weighted by molar-refractivity contribution is -0.138. The van der Waals surface area contributed by atoms with Crippen molar-refractivity contribution in [2.45, 2.75) is 44.8 Å². The van der Waals surface area contributed by atoms with Gasteiger partial charge in [-0.15, -0.1) is 0 Å². The molecule has 31 heavy (non-hydrogen) atoms. The molecule has 0 saturated carbocycles. The lowest BCUT2D eigenvalue weighted by Gasteiger charge is -2.38. The maximum atomic E-state index is 13.3. The first-order valence-electron chi connectivity index (χ1n) is 11.0. The third kappa shape index (κ3) is 4.83. The van der Waals surface area contributed by atoms with Gasteiger partial charge < -0.3 is 9.64 Å². The summed E-state index contributed by atoms with van der Waals surface area (Å²) in [7, 11) is 0. The fourth-order valence-electron chi connectivity index (χ4n) is 4.36. The number of hydrogen-bond acceptors (Lipinski definition) is 4. The molecule has 0 unspecified atom stereocenters. The Balaban J connectivity index is 1.46. The Kier molecular flexibility index (Phi) is 6.73. The summed E-state index contributed by atoms with van der Waals surface area (Å²) < 4.78 is 6.10. The van der Waals surface area contributed by atoms with Crippen LogP contribution in [0.5, 0.6) is 0 Å². The van der Waals surface area contributed by atoms with Gasteiger partial charge >= 0.3 is 0 Å². The summed E-state index contributed by atoms with van der Waals surface area (Å²) in [5.41, 5.74) is 4.29. The molecule has 1 aliphatic rings. The largest absolute Gasteiger partial charge is 0.373 e. The molecule has 5 nitrogen and oxygen atoms in total. The van der Waals surface area contributed by atoms with Gasteiger partial charge in [0, 0.05) is 37.2 Å². The van der Waals surface area contributed by atoms with E-state index in [0.717, 1.165) is 35.1 Å². The van der Waals surface area contributed by atoms with Crippen LogP contribution < -0.4 is 0 Å². The second kappa shape index (κ2) is 9.84. The van der Waals surface area contributed by atoms with E-state index in [1.807, 2.05) is 54.5 Å². The Labute approximate surface area is 184 Å². The van der Waals surface area contributed by atoms with Gasteiger partial charge in [0.25, 0.3) is 0 Å². The normalized spacial score (nSPS) is 19.5. The van der Waals surface area contributed by atoms with Gasteiger partial charge in [0.1, 0.15) is 6.33 Å². The van der Waals surface area contributed by atoms with E-state index in [1.54, 1.807) is 0 Å². The third-order valence-electron chi connectivity index (χ3n) is 6.17. The summed E-state index contributed by atoms with van der Waals surface area (Å²) in [5, 5.41) is 0. The summed E-state index contributed by atoms with van der Waals surface area (Å²) in [5.74, 6) is 0.0496. The lowest BCUT2D eigenvalue weighted by atomic mass is 9.93. The Bertz CT molecular complexity index is 977. The molecule has 0 radical (unpaired) electrons. The second-order valence-corrected chi connectivity index (χ2v) is 8.04. The van der Waals surface area contributed by atoms with Crippen LogP contribution in [0.1, 0.15) is 49.8 Å². The smallest absolute Gasteiger partial charge is 0.230 e. The number of likely N-dealkylation sites (N-methyl/N-ethyl adjacent to an activating group) is 1. The molecule has 2 aromatic carbocycles. The van der Waals surface area contributed by atoms with E-state index < -0.39 is 0 Å². The highest BCUT2D eigenvalue weighted by molar-refractivity contribution is 5.83. The number of carbonyl (C=O) groups is 1. The maximum Gasteiger partial charge on any atom is 0.230 e. The van der Waals surface area contributed by atoms with Gasteiger partial charge in [0.15, 0.2) is 0 Å². The molecule has 2 heterocycles. The van der Waals surface area contributed by atoms with Crippen LogP contribution in [0.15, 0.2) is 73.3 Å². The molecular formula is C26H29N3O2. The minimum atomic E-state index is -0.144. The zero-order valence-electron chi connectivity index (χ0n) is 18.1. The van der Waals surface area contributed by atoms with E-state index in [2.05, 4.69) is 41.2 Å². The zero-order valence-corrected chi connectivity index (χ0v) is 18.1. The van der Waals surface area contributed by atoms with Crippen LogP contribution in [0.25, 0.3) is 11.1 Å². The van der Waals surface area contributed by atoms with Crippen LogP contribution in [0, 0.1) is 0 Å². The zero-order chi connectivity index (χ0) is 21.6. The van der Waals surface area contributed by atoms with E-state index >= 15 is 0 Å². The van der Waals surface area contributed by atoms with Gasteiger partial charge in [-0.2, -0.15) is 0 Å². The van der Waals surface area contributed by atoms with Crippen molar-refractivity contribution < 1.29 is 9.53 Å². The van der Waals surface area contributed by atoms with Gasteiger partial charge in [0.05, 0.1) is 12.0 Å². The molecule has 1 aromatic heterocycles. The summed E-state index contributed by atoms with van der Waals surface area (Å²) >= 11 is 0. The molecule has 1 amide bonds. The van der Waals surface area contributed by atoms with Crippen molar-refractivity contribution in [1.82, 2.24) is 14.9 Å². The molecule has 5 heteroatoms. The molecule has 3 aromatic rings. The van der Waals surface area contributed by atoms with Crippen LogP contribution in [-0.2, 0) is 9.53 Å². The third-order valence-corrected chi connectivity index (χ3v) is 6.17. The first-order valence-corrected chi connectivity index (χ1v) is 11.0. The molecule has 160 valence electrons. The molecule has 0 spiro atoms. The van der Waals surface area contributed by atoms with Crippen molar-refractivity contribution in [2.75, 3.05) is 13.2 Å². The predicted molar refractivity (Wildman–Crippen MR) is 121 cm³/mol. The van der Waals surface area contributed by atoms with E-state index in [1.165, 1.54) is 6.33 Å². The molecule has 1 fully saturated rings. The van der Waals surface area contributed by atoms with Gasteiger partial charge in [0.2, 0.25) is 5.91 Å². The Morgan fingerprint density at radius 3 is 2.45 bits per heavy atom.